The van der Waals surface area contributed by atoms with Crippen LogP contribution in [-0.2, 0) is 4.74 Å². The monoisotopic (exact) mass is 314 g/mol. The van der Waals surface area contributed by atoms with Crippen LogP contribution in [0.25, 0.3) is 0 Å². The third-order valence-electron chi connectivity index (χ3n) is 3.42. The Morgan fingerprint density at radius 3 is 2.09 bits per heavy atom. The van der Waals surface area contributed by atoms with Gasteiger partial charge < -0.3 is 15.4 Å². The molecule has 0 aliphatic carbocycles. The first-order valence-corrected chi connectivity index (χ1v) is 9.05. The van der Waals surface area contributed by atoms with Gasteiger partial charge in [0.25, 0.3) is 0 Å². The van der Waals surface area contributed by atoms with E-state index in [0.717, 1.165) is 13.1 Å². The van der Waals surface area contributed by atoms with Crippen LogP contribution in [0.3, 0.4) is 0 Å². The summed E-state index contributed by atoms with van der Waals surface area (Å²) in [7, 11) is 0. The van der Waals surface area contributed by atoms with Crippen LogP contribution in [0.5, 0.6) is 0 Å². The lowest BCUT2D eigenvalue weighted by molar-refractivity contribution is 0.0508. The molecule has 2 N–H and O–H groups in total. The summed E-state index contributed by atoms with van der Waals surface area (Å²) in [5.41, 5.74) is -0.436. The molecule has 0 aliphatic rings. The minimum absolute atomic E-state index is 0.0869. The van der Waals surface area contributed by atoms with Gasteiger partial charge >= 0.3 is 6.09 Å². The predicted molar refractivity (Wildman–Crippen MR) is 94.3 cm³/mol. The Morgan fingerprint density at radius 1 is 1.00 bits per heavy atom. The number of alkyl carbamates (subject to hydrolysis) is 1. The van der Waals surface area contributed by atoms with E-state index in [1.54, 1.807) is 0 Å². The fraction of sp³-hybridized carbons (Fsp3) is 0.944. The van der Waals surface area contributed by atoms with Crippen molar-refractivity contribution in [1.29, 1.82) is 0 Å². The lowest BCUT2D eigenvalue weighted by Gasteiger charge is -2.22. The lowest BCUT2D eigenvalue weighted by atomic mass is 10.1. The normalized spacial score (nSPS) is 13.0. The topological polar surface area (TPSA) is 50.4 Å². The molecule has 1 amide bonds. The van der Waals surface area contributed by atoms with E-state index in [-0.39, 0.29) is 12.1 Å². The summed E-state index contributed by atoms with van der Waals surface area (Å²) in [5, 5.41) is 6.24. The summed E-state index contributed by atoms with van der Waals surface area (Å²) in [5.74, 6) is 0. The Morgan fingerprint density at radius 2 is 1.55 bits per heavy atom. The molecular formula is C18H38N2O2. The van der Waals surface area contributed by atoms with Gasteiger partial charge in [-0.05, 0) is 40.7 Å². The van der Waals surface area contributed by atoms with Crippen LogP contribution in [0, 0.1) is 0 Å². The molecule has 0 heterocycles. The van der Waals surface area contributed by atoms with Gasteiger partial charge in [0.05, 0.1) is 0 Å². The lowest BCUT2D eigenvalue weighted by Crippen LogP contribution is -2.42. The van der Waals surface area contributed by atoms with Crippen LogP contribution in [0.2, 0.25) is 0 Å². The number of rotatable bonds is 12. The number of amides is 1. The number of unbranched alkanes of at least 4 members (excludes halogenated alkanes) is 7. The quantitative estimate of drug-likeness (QED) is 0.516. The maximum absolute atomic E-state index is 11.6. The molecule has 1 unspecified atom stereocenters. The zero-order valence-electron chi connectivity index (χ0n) is 15.5. The van der Waals surface area contributed by atoms with E-state index in [2.05, 4.69) is 17.6 Å². The summed E-state index contributed by atoms with van der Waals surface area (Å²) in [4.78, 5) is 11.6. The van der Waals surface area contributed by atoms with E-state index < -0.39 is 5.60 Å². The largest absolute Gasteiger partial charge is 0.444 e. The SMILES string of the molecule is CCCCCCCCCCNCC(C)NC(=O)OC(C)(C)C. The summed E-state index contributed by atoms with van der Waals surface area (Å²) < 4.78 is 5.23. The smallest absolute Gasteiger partial charge is 0.407 e. The van der Waals surface area contributed by atoms with Crippen molar-refractivity contribution in [3.05, 3.63) is 0 Å². The molecule has 4 heteroatoms. The Hall–Kier alpha value is -0.770. The Kier molecular flexibility index (Phi) is 12.3. The number of ether oxygens (including phenoxy) is 1. The fourth-order valence-corrected chi connectivity index (χ4v) is 2.26. The van der Waals surface area contributed by atoms with Crippen molar-refractivity contribution in [2.75, 3.05) is 13.1 Å². The van der Waals surface area contributed by atoms with Gasteiger partial charge in [0.2, 0.25) is 0 Å². The first-order chi connectivity index (χ1) is 10.3. The molecule has 0 fully saturated rings. The van der Waals surface area contributed by atoms with Crippen molar-refractivity contribution in [3.63, 3.8) is 0 Å². The standard InChI is InChI=1S/C18H38N2O2/c1-6-7-8-9-10-11-12-13-14-19-15-16(2)20-17(21)22-18(3,4)5/h16,19H,6-15H2,1-5H3,(H,20,21). The minimum Gasteiger partial charge on any atom is -0.444 e. The summed E-state index contributed by atoms with van der Waals surface area (Å²) >= 11 is 0. The van der Waals surface area contributed by atoms with E-state index in [0.29, 0.717) is 0 Å². The van der Waals surface area contributed by atoms with Crippen molar-refractivity contribution in [2.45, 2.75) is 97.6 Å². The van der Waals surface area contributed by atoms with E-state index in [9.17, 15) is 4.79 Å². The maximum Gasteiger partial charge on any atom is 0.407 e. The molecular weight excluding hydrogens is 276 g/mol. The van der Waals surface area contributed by atoms with Gasteiger partial charge in [-0.15, -0.1) is 0 Å². The average Bonchev–Trinajstić information content (AvgIpc) is 2.38. The highest BCUT2D eigenvalue weighted by molar-refractivity contribution is 5.68. The molecule has 0 aliphatic heterocycles. The predicted octanol–water partition coefficient (Wildman–Crippen LogP) is 4.63. The molecule has 0 saturated carbocycles. The number of hydrogen-bond donors (Lipinski definition) is 2. The zero-order chi connectivity index (χ0) is 16.8. The van der Waals surface area contributed by atoms with Crippen molar-refractivity contribution < 1.29 is 9.53 Å². The first-order valence-electron chi connectivity index (χ1n) is 9.05. The Labute approximate surface area is 137 Å². The van der Waals surface area contributed by atoms with Crippen LogP contribution in [0.15, 0.2) is 0 Å². The van der Waals surface area contributed by atoms with Crippen LogP contribution >= 0.6 is 0 Å². The van der Waals surface area contributed by atoms with Gasteiger partial charge in [0.15, 0.2) is 0 Å². The molecule has 4 nitrogen and oxygen atoms in total. The Bertz CT molecular complexity index is 275. The van der Waals surface area contributed by atoms with Gasteiger partial charge in [-0.3, -0.25) is 0 Å². The number of carbonyl (C=O) groups is 1. The average molecular weight is 315 g/mol. The van der Waals surface area contributed by atoms with Gasteiger partial charge in [-0.1, -0.05) is 51.9 Å². The highest BCUT2D eigenvalue weighted by atomic mass is 16.6. The zero-order valence-corrected chi connectivity index (χ0v) is 15.5. The summed E-state index contributed by atoms with van der Waals surface area (Å²) in [6.07, 6.45) is 10.4. The second-order valence-corrected chi connectivity index (χ2v) is 7.23. The molecule has 0 rings (SSSR count). The Balaban J connectivity index is 3.38. The van der Waals surface area contributed by atoms with Crippen molar-refractivity contribution in [1.82, 2.24) is 10.6 Å². The van der Waals surface area contributed by atoms with Gasteiger partial charge in [-0.25, -0.2) is 4.79 Å². The third-order valence-corrected chi connectivity index (χ3v) is 3.42. The number of carbonyl (C=O) groups excluding carboxylic acids is 1. The van der Waals surface area contributed by atoms with Crippen LogP contribution in [-0.4, -0.2) is 30.8 Å². The molecule has 0 spiro atoms. The maximum atomic E-state index is 11.6. The van der Waals surface area contributed by atoms with Crippen LogP contribution < -0.4 is 10.6 Å². The summed E-state index contributed by atoms with van der Waals surface area (Å²) in [6.45, 7) is 11.7. The minimum atomic E-state index is -0.436. The molecule has 1 atom stereocenters. The van der Waals surface area contributed by atoms with Crippen LogP contribution in [0.1, 0.15) is 86.0 Å². The molecule has 22 heavy (non-hydrogen) atoms. The second-order valence-electron chi connectivity index (χ2n) is 7.23. The van der Waals surface area contributed by atoms with Crippen molar-refractivity contribution in [3.8, 4) is 0 Å². The molecule has 0 radical (unpaired) electrons. The third kappa shape index (κ3) is 15.6. The van der Waals surface area contributed by atoms with E-state index in [1.807, 2.05) is 27.7 Å². The molecule has 0 aromatic carbocycles. The van der Waals surface area contributed by atoms with Gasteiger partial charge in [-0.2, -0.15) is 0 Å². The van der Waals surface area contributed by atoms with Gasteiger partial charge in [0, 0.05) is 12.6 Å². The van der Waals surface area contributed by atoms with E-state index in [4.69, 9.17) is 4.74 Å². The first kappa shape index (κ1) is 21.2. The highest BCUT2D eigenvalue weighted by Gasteiger charge is 2.17. The highest BCUT2D eigenvalue weighted by Crippen LogP contribution is 2.08. The van der Waals surface area contributed by atoms with Crippen molar-refractivity contribution >= 4 is 6.09 Å². The number of hydrogen-bond acceptors (Lipinski definition) is 3. The molecule has 132 valence electrons. The molecule has 0 aromatic rings. The van der Waals surface area contributed by atoms with Gasteiger partial charge in [0.1, 0.15) is 5.60 Å². The molecule has 0 bridgehead atoms. The van der Waals surface area contributed by atoms with Crippen LogP contribution in [0.4, 0.5) is 4.79 Å². The van der Waals surface area contributed by atoms with E-state index in [1.165, 1.54) is 51.4 Å². The second kappa shape index (κ2) is 12.7. The summed E-state index contributed by atoms with van der Waals surface area (Å²) in [6, 6.07) is 0.0869. The number of nitrogens with one attached hydrogen (secondary N) is 2. The van der Waals surface area contributed by atoms with Crippen molar-refractivity contribution in [2.24, 2.45) is 0 Å². The molecule has 0 aromatic heterocycles. The molecule has 0 saturated heterocycles. The van der Waals surface area contributed by atoms with E-state index >= 15 is 0 Å². The fourth-order valence-electron chi connectivity index (χ4n) is 2.26.